The molecule has 1 saturated heterocycles. The molecule has 0 bridgehead atoms. The Hall–Kier alpha value is -3.02. The minimum Gasteiger partial charge on any atom is -0.484 e. The fourth-order valence-electron chi connectivity index (χ4n) is 3.25. The first-order valence-electron chi connectivity index (χ1n) is 9.67. The van der Waals surface area contributed by atoms with Gasteiger partial charge in [-0.05, 0) is 48.4 Å². The maximum Gasteiger partial charge on any atom is 0.262 e. The minimum atomic E-state index is -0.183. The lowest BCUT2D eigenvalue weighted by atomic mass is 10.1. The number of piperazine rings is 1. The fourth-order valence-corrected chi connectivity index (χ4v) is 3.25. The number of anilines is 2. The topological polar surface area (TPSA) is 61.9 Å². The van der Waals surface area contributed by atoms with E-state index in [9.17, 15) is 9.59 Å². The monoisotopic (exact) mass is 381 g/mol. The minimum absolute atomic E-state index is 0.0347. The summed E-state index contributed by atoms with van der Waals surface area (Å²) in [6.45, 7) is 6.78. The second kappa shape index (κ2) is 9.26. The van der Waals surface area contributed by atoms with Crippen LogP contribution in [0, 0.1) is 0 Å². The largest absolute Gasteiger partial charge is 0.484 e. The van der Waals surface area contributed by atoms with Crippen LogP contribution in [0.25, 0.3) is 0 Å². The fraction of sp³-hybridized carbons (Fsp3) is 0.364. The molecular formula is C22H27N3O3. The Kier molecular flexibility index (Phi) is 6.53. The van der Waals surface area contributed by atoms with Crippen molar-refractivity contribution in [2.75, 3.05) is 43.0 Å². The van der Waals surface area contributed by atoms with E-state index in [-0.39, 0.29) is 18.4 Å². The Labute approximate surface area is 166 Å². The smallest absolute Gasteiger partial charge is 0.262 e. The molecule has 0 unspecified atom stereocenters. The zero-order valence-corrected chi connectivity index (χ0v) is 16.5. The van der Waals surface area contributed by atoms with Crippen LogP contribution in [-0.4, -0.2) is 49.5 Å². The van der Waals surface area contributed by atoms with Gasteiger partial charge in [0.2, 0.25) is 5.91 Å². The third-order valence-corrected chi connectivity index (χ3v) is 4.92. The molecule has 3 rings (SSSR count). The third kappa shape index (κ3) is 5.25. The SMILES string of the molecule is CCc1cccc(NC(=O)COc2ccc(N3CCN(C(C)=O)CC3)cc2)c1. The average Bonchev–Trinajstić information content (AvgIpc) is 2.73. The molecule has 1 fully saturated rings. The summed E-state index contributed by atoms with van der Waals surface area (Å²) in [6.07, 6.45) is 0.927. The van der Waals surface area contributed by atoms with E-state index < -0.39 is 0 Å². The van der Waals surface area contributed by atoms with E-state index in [0.717, 1.165) is 44.0 Å². The predicted octanol–water partition coefficient (Wildman–Crippen LogP) is 2.94. The molecule has 0 atom stereocenters. The number of carbonyl (C=O) groups is 2. The van der Waals surface area contributed by atoms with E-state index in [1.807, 2.05) is 53.4 Å². The molecule has 1 heterocycles. The van der Waals surface area contributed by atoms with Gasteiger partial charge in [0.1, 0.15) is 5.75 Å². The number of aryl methyl sites for hydroxylation is 1. The number of hydrogen-bond acceptors (Lipinski definition) is 4. The van der Waals surface area contributed by atoms with Crippen molar-refractivity contribution in [2.24, 2.45) is 0 Å². The van der Waals surface area contributed by atoms with Gasteiger partial charge in [0.25, 0.3) is 5.91 Å². The summed E-state index contributed by atoms with van der Waals surface area (Å²) in [5.41, 5.74) is 3.06. The van der Waals surface area contributed by atoms with Crippen molar-refractivity contribution < 1.29 is 14.3 Å². The molecule has 1 N–H and O–H groups in total. The van der Waals surface area contributed by atoms with Gasteiger partial charge in [0.15, 0.2) is 6.61 Å². The molecule has 0 spiro atoms. The van der Waals surface area contributed by atoms with Gasteiger partial charge in [-0.25, -0.2) is 0 Å². The van der Waals surface area contributed by atoms with Crippen molar-refractivity contribution in [3.63, 3.8) is 0 Å². The zero-order chi connectivity index (χ0) is 19.9. The number of hydrogen-bond donors (Lipinski definition) is 1. The van der Waals surface area contributed by atoms with Gasteiger partial charge in [-0.15, -0.1) is 0 Å². The second-order valence-corrected chi connectivity index (χ2v) is 6.88. The van der Waals surface area contributed by atoms with Crippen LogP contribution in [0.1, 0.15) is 19.4 Å². The summed E-state index contributed by atoms with van der Waals surface area (Å²) in [5.74, 6) is 0.601. The highest BCUT2D eigenvalue weighted by atomic mass is 16.5. The first-order valence-corrected chi connectivity index (χ1v) is 9.67. The molecule has 6 nitrogen and oxygen atoms in total. The predicted molar refractivity (Wildman–Crippen MR) is 111 cm³/mol. The Morgan fingerprint density at radius 1 is 1.04 bits per heavy atom. The van der Waals surface area contributed by atoms with E-state index in [4.69, 9.17) is 4.74 Å². The van der Waals surface area contributed by atoms with Gasteiger partial charge in [0.05, 0.1) is 0 Å². The molecule has 2 aromatic carbocycles. The molecule has 148 valence electrons. The molecule has 2 aromatic rings. The van der Waals surface area contributed by atoms with Crippen molar-refractivity contribution in [1.29, 1.82) is 0 Å². The first-order chi connectivity index (χ1) is 13.5. The highest BCUT2D eigenvalue weighted by Gasteiger charge is 2.18. The van der Waals surface area contributed by atoms with Gasteiger partial charge in [0, 0.05) is 44.5 Å². The van der Waals surface area contributed by atoms with Crippen LogP contribution in [0.4, 0.5) is 11.4 Å². The van der Waals surface area contributed by atoms with E-state index in [2.05, 4.69) is 17.1 Å². The van der Waals surface area contributed by atoms with Crippen molar-refractivity contribution in [3.8, 4) is 5.75 Å². The quantitative estimate of drug-likeness (QED) is 0.836. The molecule has 0 aromatic heterocycles. The molecule has 28 heavy (non-hydrogen) atoms. The van der Waals surface area contributed by atoms with Crippen molar-refractivity contribution >= 4 is 23.2 Å². The molecule has 1 aliphatic rings. The summed E-state index contributed by atoms with van der Waals surface area (Å²) in [6, 6.07) is 15.5. The van der Waals surface area contributed by atoms with Crippen LogP contribution < -0.4 is 15.0 Å². The first kappa shape index (κ1) is 19.7. The van der Waals surface area contributed by atoms with Crippen molar-refractivity contribution in [3.05, 3.63) is 54.1 Å². The number of nitrogens with zero attached hydrogens (tertiary/aromatic N) is 2. The average molecular weight is 381 g/mol. The Bertz CT molecular complexity index is 812. The van der Waals surface area contributed by atoms with Crippen molar-refractivity contribution in [1.82, 2.24) is 4.90 Å². The number of carbonyl (C=O) groups excluding carboxylic acids is 2. The van der Waals surface area contributed by atoms with Crippen LogP contribution in [0.5, 0.6) is 5.75 Å². The maximum absolute atomic E-state index is 12.1. The van der Waals surface area contributed by atoms with Crippen molar-refractivity contribution in [2.45, 2.75) is 20.3 Å². The van der Waals surface area contributed by atoms with E-state index in [0.29, 0.717) is 5.75 Å². The molecule has 2 amide bonds. The molecule has 0 saturated carbocycles. The van der Waals surface area contributed by atoms with Gasteiger partial charge in [-0.2, -0.15) is 0 Å². The van der Waals surface area contributed by atoms with Crippen LogP contribution in [0.3, 0.4) is 0 Å². The maximum atomic E-state index is 12.1. The molecule has 0 radical (unpaired) electrons. The van der Waals surface area contributed by atoms with Gasteiger partial charge >= 0.3 is 0 Å². The number of benzene rings is 2. The highest BCUT2D eigenvalue weighted by molar-refractivity contribution is 5.91. The lowest BCUT2D eigenvalue weighted by Gasteiger charge is -2.35. The molecular weight excluding hydrogens is 354 g/mol. The van der Waals surface area contributed by atoms with Gasteiger partial charge in [-0.3, -0.25) is 9.59 Å². The number of nitrogens with one attached hydrogen (secondary N) is 1. The number of amides is 2. The van der Waals surface area contributed by atoms with E-state index >= 15 is 0 Å². The lowest BCUT2D eigenvalue weighted by Crippen LogP contribution is -2.48. The van der Waals surface area contributed by atoms with E-state index in [1.54, 1.807) is 6.92 Å². The number of ether oxygens (including phenoxy) is 1. The summed E-state index contributed by atoms with van der Waals surface area (Å²) in [5, 5.41) is 2.86. The molecule has 1 aliphatic heterocycles. The van der Waals surface area contributed by atoms with E-state index in [1.165, 1.54) is 5.56 Å². The van der Waals surface area contributed by atoms with Gasteiger partial charge in [-0.1, -0.05) is 19.1 Å². The summed E-state index contributed by atoms with van der Waals surface area (Å²) >= 11 is 0. The van der Waals surface area contributed by atoms with Crippen LogP contribution in [0.2, 0.25) is 0 Å². The summed E-state index contributed by atoms with van der Waals surface area (Å²) in [7, 11) is 0. The standard InChI is InChI=1S/C22H27N3O3/c1-3-18-5-4-6-19(15-18)23-22(27)16-28-21-9-7-20(8-10-21)25-13-11-24(12-14-25)17(2)26/h4-10,15H,3,11-14,16H2,1-2H3,(H,23,27). The zero-order valence-electron chi connectivity index (χ0n) is 16.5. The van der Waals surface area contributed by atoms with Gasteiger partial charge < -0.3 is 19.9 Å². The Morgan fingerprint density at radius 2 is 1.75 bits per heavy atom. The molecule has 0 aliphatic carbocycles. The van der Waals surface area contributed by atoms with Crippen LogP contribution >= 0.6 is 0 Å². The normalized spacial score (nSPS) is 13.9. The Morgan fingerprint density at radius 3 is 2.39 bits per heavy atom. The Balaban J connectivity index is 1.48. The summed E-state index contributed by atoms with van der Waals surface area (Å²) in [4.78, 5) is 27.6. The summed E-state index contributed by atoms with van der Waals surface area (Å²) < 4.78 is 5.60. The second-order valence-electron chi connectivity index (χ2n) is 6.88. The highest BCUT2D eigenvalue weighted by Crippen LogP contribution is 2.21. The molecule has 6 heteroatoms. The lowest BCUT2D eigenvalue weighted by molar-refractivity contribution is -0.129. The number of rotatable bonds is 6. The third-order valence-electron chi connectivity index (χ3n) is 4.92. The van der Waals surface area contributed by atoms with Crippen LogP contribution in [-0.2, 0) is 16.0 Å². The van der Waals surface area contributed by atoms with Crippen LogP contribution in [0.15, 0.2) is 48.5 Å².